The molecule has 0 aromatic heterocycles. The molecule has 78 valence electrons. The van der Waals surface area contributed by atoms with Crippen LogP contribution in [0.15, 0.2) is 12.1 Å². The molecule has 0 aliphatic rings. The van der Waals surface area contributed by atoms with Gasteiger partial charge < -0.3 is 10.8 Å². The molecule has 1 aromatic rings. The lowest BCUT2D eigenvalue weighted by atomic mass is 10.1. The Bertz CT molecular complexity index is 310. The van der Waals surface area contributed by atoms with Crippen molar-refractivity contribution in [3.05, 3.63) is 33.6 Å². The van der Waals surface area contributed by atoms with Gasteiger partial charge >= 0.3 is 0 Å². The molecule has 0 heterocycles. The minimum atomic E-state index is -0.595. The van der Waals surface area contributed by atoms with Gasteiger partial charge in [-0.15, -0.1) is 0 Å². The third-order valence-electron chi connectivity index (χ3n) is 1.87. The monoisotopic (exact) mass is 237 g/mol. The molecule has 0 unspecified atom stereocenters. The molecule has 0 spiro atoms. The first-order valence-corrected chi connectivity index (χ1v) is 4.82. The van der Waals surface area contributed by atoms with Crippen LogP contribution in [0.5, 0.6) is 0 Å². The van der Waals surface area contributed by atoms with E-state index in [9.17, 15) is 4.39 Å². The fourth-order valence-electron chi connectivity index (χ4n) is 1.09. The highest BCUT2D eigenvalue weighted by molar-refractivity contribution is 6.42. The van der Waals surface area contributed by atoms with Crippen molar-refractivity contribution in [1.82, 2.24) is 0 Å². The average molecular weight is 238 g/mol. The fraction of sp³-hybridized carbons (Fsp3) is 0.333. The zero-order chi connectivity index (χ0) is 10.7. The van der Waals surface area contributed by atoms with E-state index >= 15 is 0 Å². The van der Waals surface area contributed by atoms with Crippen molar-refractivity contribution in [2.75, 3.05) is 6.61 Å². The second kappa shape index (κ2) is 4.94. The summed E-state index contributed by atoms with van der Waals surface area (Å²) in [4.78, 5) is 0. The number of halogens is 3. The summed E-state index contributed by atoms with van der Waals surface area (Å²) in [5.41, 5.74) is 6.20. The van der Waals surface area contributed by atoms with Gasteiger partial charge in [0.05, 0.1) is 10.0 Å². The summed E-state index contributed by atoms with van der Waals surface area (Å²) in [5.74, 6) is -0.595. The van der Waals surface area contributed by atoms with Crippen LogP contribution < -0.4 is 5.73 Å². The predicted molar refractivity (Wildman–Crippen MR) is 55.1 cm³/mol. The largest absolute Gasteiger partial charge is 0.396 e. The number of nitrogens with two attached hydrogens (primary N) is 1. The van der Waals surface area contributed by atoms with Crippen LogP contribution in [0.1, 0.15) is 18.0 Å². The molecule has 0 radical (unpaired) electrons. The number of aliphatic hydroxyl groups is 1. The fourth-order valence-corrected chi connectivity index (χ4v) is 1.42. The molecule has 0 aliphatic heterocycles. The van der Waals surface area contributed by atoms with Crippen molar-refractivity contribution in [1.29, 1.82) is 0 Å². The molecule has 0 saturated heterocycles. The molecule has 0 amide bonds. The topological polar surface area (TPSA) is 46.2 Å². The summed E-state index contributed by atoms with van der Waals surface area (Å²) in [6.07, 6.45) is 0.359. The van der Waals surface area contributed by atoms with Gasteiger partial charge in [-0.1, -0.05) is 23.2 Å². The highest BCUT2D eigenvalue weighted by Gasteiger charge is 2.11. The van der Waals surface area contributed by atoms with E-state index in [0.29, 0.717) is 12.0 Å². The minimum absolute atomic E-state index is 0.0525. The summed E-state index contributed by atoms with van der Waals surface area (Å²) in [7, 11) is 0. The second-order valence-corrected chi connectivity index (χ2v) is 3.70. The Morgan fingerprint density at radius 3 is 2.57 bits per heavy atom. The maximum Gasteiger partial charge on any atom is 0.143 e. The van der Waals surface area contributed by atoms with E-state index < -0.39 is 11.9 Å². The van der Waals surface area contributed by atoms with Crippen LogP contribution in [0, 0.1) is 5.82 Å². The molecule has 0 saturated carbocycles. The summed E-state index contributed by atoms with van der Waals surface area (Å²) in [6, 6.07) is 2.31. The maximum absolute atomic E-state index is 13.1. The van der Waals surface area contributed by atoms with Crippen LogP contribution in [-0.2, 0) is 0 Å². The Hall–Kier alpha value is -0.350. The Balaban J connectivity index is 3.00. The Labute approximate surface area is 91.4 Å². The first kappa shape index (κ1) is 11.7. The number of hydrogen-bond acceptors (Lipinski definition) is 2. The van der Waals surface area contributed by atoms with Gasteiger partial charge in [0.2, 0.25) is 0 Å². The molecule has 0 fully saturated rings. The van der Waals surface area contributed by atoms with Crippen LogP contribution in [-0.4, -0.2) is 11.7 Å². The van der Waals surface area contributed by atoms with Gasteiger partial charge in [-0.3, -0.25) is 0 Å². The van der Waals surface area contributed by atoms with Gasteiger partial charge in [0.1, 0.15) is 5.82 Å². The third kappa shape index (κ3) is 2.58. The zero-order valence-corrected chi connectivity index (χ0v) is 8.82. The number of hydrogen-bond donors (Lipinski definition) is 2. The van der Waals surface area contributed by atoms with Gasteiger partial charge in [0, 0.05) is 12.6 Å². The quantitative estimate of drug-likeness (QED) is 0.794. The molecule has 5 heteroatoms. The normalized spacial score (nSPS) is 12.9. The van der Waals surface area contributed by atoms with Gasteiger partial charge in [-0.05, 0) is 24.1 Å². The molecule has 0 aliphatic carbocycles. The molecule has 0 bridgehead atoms. The molecule has 1 rings (SSSR count). The number of benzene rings is 1. The number of rotatable bonds is 3. The van der Waals surface area contributed by atoms with Gasteiger partial charge in [0.25, 0.3) is 0 Å². The summed E-state index contributed by atoms with van der Waals surface area (Å²) in [5, 5.41) is 8.69. The lowest BCUT2D eigenvalue weighted by Gasteiger charge is -2.11. The first-order chi connectivity index (χ1) is 6.56. The second-order valence-electron chi connectivity index (χ2n) is 2.92. The van der Waals surface area contributed by atoms with E-state index in [4.69, 9.17) is 34.0 Å². The summed E-state index contributed by atoms with van der Waals surface area (Å²) in [6.45, 7) is -0.0525. The summed E-state index contributed by atoms with van der Waals surface area (Å²) >= 11 is 11.2. The Kier molecular flexibility index (Phi) is 4.13. The van der Waals surface area contributed by atoms with Gasteiger partial charge in [-0.2, -0.15) is 0 Å². The Morgan fingerprint density at radius 1 is 1.43 bits per heavy atom. The molecule has 1 aromatic carbocycles. The van der Waals surface area contributed by atoms with Crippen molar-refractivity contribution in [3.63, 3.8) is 0 Å². The molecule has 14 heavy (non-hydrogen) atoms. The van der Waals surface area contributed by atoms with Crippen LogP contribution in [0.3, 0.4) is 0 Å². The van der Waals surface area contributed by atoms with Crippen molar-refractivity contribution in [2.45, 2.75) is 12.5 Å². The van der Waals surface area contributed by atoms with E-state index in [1.165, 1.54) is 12.1 Å². The van der Waals surface area contributed by atoms with E-state index in [1.54, 1.807) is 0 Å². The standard InChI is InChI=1S/C9H10Cl2FNO/c10-6-3-5(8(13)1-2-14)4-7(12)9(6)11/h3-4,8,14H,1-2,13H2/t8-/m0/s1. The van der Waals surface area contributed by atoms with Crippen molar-refractivity contribution < 1.29 is 9.50 Å². The smallest absolute Gasteiger partial charge is 0.143 e. The van der Waals surface area contributed by atoms with Gasteiger partial charge in [-0.25, -0.2) is 4.39 Å². The van der Waals surface area contributed by atoms with E-state index in [-0.39, 0.29) is 16.7 Å². The van der Waals surface area contributed by atoms with E-state index in [0.717, 1.165) is 0 Å². The lowest BCUT2D eigenvalue weighted by Crippen LogP contribution is -2.12. The van der Waals surface area contributed by atoms with Crippen LogP contribution in [0.2, 0.25) is 10.0 Å². The van der Waals surface area contributed by atoms with Crippen LogP contribution in [0.25, 0.3) is 0 Å². The molecular weight excluding hydrogens is 228 g/mol. The first-order valence-electron chi connectivity index (χ1n) is 4.07. The van der Waals surface area contributed by atoms with Crippen LogP contribution in [0.4, 0.5) is 4.39 Å². The molecular formula is C9H10Cl2FNO. The third-order valence-corrected chi connectivity index (χ3v) is 2.65. The highest BCUT2D eigenvalue weighted by atomic mass is 35.5. The van der Waals surface area contributed by atoms with Crippen LogP contribution >= 0.6 is 23.2 Å². The highest BCUT2D eigenvalue weighted by Crippen LogP contribution is 2.28. The van der Waals surface area contributed by atoms with Crippen molar-refractivity contribution >= 4 is 23.2 Å². The van der Waals surface area contributed by atoms with Gasteiger partial charge in [0.15, 0.2) is 0 Å². The van der Waals surface area contributed by atoms with E-state index in [1.807, 2.05) is 0 Å². The summed E-state index contributed by atoms with van der Waals surface area (Å²) < 4.78 is 13.1. The Morgan fingerprint density at radius 2 is 2.07 bits per heavy atom. The lowest BCUT2D eigenvalue weighted by molar-refractivity contribution is 0.276. The SMILES string of the molecule is N[C@@H](CCO)c1cc(F)c(Cl)c(Cl)c1. The average Bonchev–Trinajstić information content (AvgIpc) is 2.13. The molecule has 2 nitrogen and oxygen atoms in total. The minimum Gasteiger partial charge on any atom is -0.396 e. The molecule has 1 atom stereocenters. The molecule has 3 N–H and O–H groups in total. The van der Waals surface area contributed by atoms with Crippen molar-refractivity contribution in [3.8, 4) is 0 Å². The van der Waals surface area contributed by atoms with Crippen molar-refractivity contribution in [2.24, 2.45) is 5.73 Å². The maximum atomic E-state index is 13.1. The predicted octanol–water partition coefficient (Wildman–Crippen LogP) is 2.51. The number of aliphatic hydroxyl groups excluding tert-OH is 1. The zero-order valence-electron chi connectivity index (χ0n) is 7.30. The van der Waals surface area contributed by atoms with E-state index in [2.05, 4.69) is 0 Å².